The third kappa shape index (κ3) is 2.34. The Labute approximate surface area is 75.5 Å². The van der Waals surface area contributed by atoms with Gasteiger partial charge in [0.05, 0.1) is 5.60 Å². The maximum atomic E-state index is 9.71. The average molecular weight is 168 g/mol. The van der Waals surface area contributed by atoms with E-state index in [0.29, 0.717) is 0 Å². The quantitative estimate of drug-likeness (QED) is 0.551. The SMILES string of the molecule is CC1(O)CC=C(C(C)(C)C)CC1. The van der Waals surface area contributed by atoms with Crippen molar-refractivity contribution in [1.29, 1.82) is 0 Å². The summed E-state index contributed by atoms with van der Waals surface area (Å²) in [6.45, 7) is 8.62. The molecule has 0 heterocycles. The fourth-order valence-corrected chi connectivity index (χ4v) is 1.63. The van der Waals surface area contributed by atoms with Crippen molar-refractivity contribution >= 4 is 0 Å². The Morgan fingerprint density at radius 2 is 2.00 bits per heavy atom. The molecule has 0 saturated heterocycles. The first kappa shape index (κ1) is 9.79. The Hall–Kier alpha value is -0.300. The van der Waals surface area contributed by atoms with Crippen LogP contribution in [0.25, 0.3) is 0 Å². The zero-order chi connectivity index (χ0) is 9.41. The Balaban J connectivity index is 2.69. The van der Waals surface area contributed by atoms with Gasteiger partial charge in [0, 0.05) is 0 Å². The van der Waals surface area contributed by atoms with E-state index < -0.39 is 5.60 Å². The molecule has 0 fully saturated rings. The molecule has 0 spiro atoms. The van der Waals surface area contributed by atoms with Gasteiger partial charge < -0.3 is 5.11 Å². The van der Waals surface area contributed by atoms with Crippen molar-refractivity contribution in [2.24, 2.45) is 5.41 Å². The van der Waals surface area contributed by atoms with Crippen molar-refractivity contribution in [2.75, 3.05) is 0 Å². The summed E-state index contributed by atoms with van der Waals surface area (Å²) in [5.41, 5.74) is 1.33. The van der Waals surface area contributed by atoms with E-state index >= 15 is 0 Å². The lowest BCUT2D eigenvalue weighted by Gasteiger charge is -2.32. The van der Waals surface area contributed by atoms with Gasteiger partial charge in [0.2, 0.25) is 0 Å². The minimum absolute atomic E-state index is 0.288. The highest BCUT2D eigenvalue weighted by molar-refractivity contribution is 5.15. The standard InChI is InChI=1S/C11H20O/c1-10(2,3)9-5-7-11(4,12)8-6-9/h5,12H,6-8H2,1-4H3. The van der Waals surface area contributed by atoms with Gasteiger partial charge in [-0.1, -0.05) is 32.4 Å². The zero-order valence-corrected chi connectivity index (χ0v) is 8.65. The molecular formula is C11H20O. The Morgan fingerprint density at radius 3 is 2.33 bits per heavy atom. The fraction of sp³-hybridized carbons (Fsp3) is 0.818. The highest BCUT2D eigenvalue weighted by Crippen LogP contribution is 2.36. The summed E-state index contributed by atoms with van der Waals surface area (Å²) in [4.78, 5) is 0. The lowest BCUT2D eigenvalue weighted by atomic mass is 9.76. The van der Waals surface area contributed by atoms with Crippen LogP contribution in [0.3, 0.4) is 0 Å². The van der Waals surface area contributed by atoms with Gasteiger partial charge in [-0.15, -0.1) is 0 Å². The molecular weight excluding hydrogens is 148 g/mol. The van der Waals surface area contributed by atoms with Gasteiger partial charge in [0.25, 0.3) is 0 Å². The molecule has 1 unspecified atom stereocenters. The molecule has 1 N–H and O–H groups in total. The predicted molar refractivity (Wildman–Crippen MR) is 52.0 cm³/mol. The molecule has 0 aliphatic heterocycles. The van der Waals surface area contributed by atoms with E-state index in [1.807, 2.05) is 6.92 Å². The molecule has 0 aromatic rings. The fourth-order valence-electron chi connectivity index (χ4n) is 1.63. The van der Waals surface area contributed by atoms with E-state index in [4.69, 9.17) is 0 Å². The molecule has 1 atom stereocenters. The van der Waals surface area contributed by atoms with Crippen LogP contribution in [-0.4, -0.2) is 10.7 Å². The molecule has 0 radical (unpaired) electrons. The van der Waals surface area contributed by atoms with Crippen LogP contribution < -0.4 is 0 Å². The van der Waals surface area contributed by atoms with E-state index in [-0.39, 0.29) is 5.41 Å². The maximum Gasteiger partial charge on any atom is 0.0657 e. The van der Waals surface area contributed by atoms with Gasteiger partial charge in [-0.25, -0.2) is 0 Å². The molecule has 0 aromatic heterocycles. The van der Waals surface area contributed by atoms with Crippen LogP contribution >= 0.6 is 0 Å². The smallest absolute Gasteiger partial charge is 0.0657 e. The van der Waals surface area contributed by atoms with Crippen LogP contribution in [-0.2, 0) is 0 Å². The Morgan fingerprint density at radius 1 is 1.42 bits per heavy atom. The predicted octanol–water partition coefficient (Wildman–Crippen LogP) is 2.89. The van der Waals surface area contributed by atoms with Gasteiger partial charge >= 0.3 is 0 Å². The summed E-state index contributed by atoms with van der Waals surface area (Å²) in [6, 6.07) is 0. The van der Waals surface area contributed by atoms with E-state index in [9.17, 15) is 5.11 Å². The molecule has 1 nitrogen and oxygen atoms in total. The number of hydrogen-bond acceptors (Lipinski definition) is 1. The molecule has 0 bridgehead atoms. The first-order valence-corrected chi connectivity index (χ1v) is 4.73. The number of allylic oxidation sites excluding steroid dienone is 1. The second-order valence-corrected chi connectivity index (χ2v) is 5.18. The van der Waals surface area contributed by atoms with Crippen molar-refractivity contribution in [1.82, 2.24) is 0 Å². The first-order valence-electron chi connectivity index (χ1n) is 4.73. The zero-order valence-electron chi connectivity index (χ0n) is 8.65. The Bertz CT molecular complexity index is 194. The summed E-state index contributed by atoms with van der Waals surface area (Å²) in [7, 11) is 0. The first-order chi connectivity index (χ1) is 5.31. The monoisotopic (exact) mass is 168 g/mol. The molecule has 70 valence electrons. The van der Waals surface area contributed by atoms with Crippen LogP contribution in [0.2, 0.25) is 0 Å². The maximum absolute atomic E-state index is 9.71. The normalized spacial score (nSPS) is 31.6. The summed E-state index contributed by atoms with van der Waals surface area (Å²) in [5.74, 6) is 0. The van der Waals surface area contributed by atoms with Gasteiger partial charge in [0.1, 0.15) is 0 Å². The molecule has 1 aliphatic rings. The van der Waals surface area contributed by atoms with Crippen LogP contribution in [0.4, 0.5) is 0 Å². The van der Waals surface area contributed by atoms with Gasteiger partial charge in [-0.05, 0) is 31.6 Å². The molecule has 0 aromatic carbocycles. The molecule has 1 heteroatoms. The summed E-state index contributed by atoms with van der Waals surface area (Å²) in [6.07, 6.45) is 5.00. The van der Waals surface area contributed by atoms with Gasteiger partial charge in [0.15, 0.2) is 0 Å². The third-order valence-corrected chi connectivity index (χ3v) is 2.68. The van der Waals surface area contributed by atoms with Crippen LogP contribution in [0.15, 0.2) is 11.6 Å². The third-order valence-electron chi connectivity index (χ3n) is 2.68. The van der Waals surface area contributed by atoms with Crippen LogP contribution in [0, 0.1) is 5.41 Å². The molecule has 1 rings (SSSR count). The van der Waals surface area contributed by atoms with Crippen LogP contribution in [0.1, 0.15) is 47.0 Å². The largest absolute Gasteiger partial charge is 0.390 e. The summed E-state index contributed by atoms with van der Waals surface area (Å²) < 4.78 is 0. The molecule has 12 heavy (non-hydrogen) atoms. The molecule has 1 aliphatic carbocycles. The van der Waals surface area contributed by atoms with E-state index in [2.05, 4.69) is 26.8 Å². The molecule has 0 amide bonds. The van der Waals surface area contributed by atoms with Crippen molar-refractivity contribution in [3.63, 3.8) is 0 Å². The van der Waals surface area contributed by atoms with Crippen LogP contribution in [0.5, 0.6) is 0 Å². The minimum atomic E-state index is -0.450. The second kappa shape index (κ2) is 2.88. The minimum Gasteiger partial charge on any atom is -0.390 e. The van der Waals surface area contributed by atoms with E-state index in [1.165, 1.54) is 5.57 Å². The average Bonchev–Trinajstić information content (AvgIpc) is 1.83. The van der Waals surface area contributed by atoms with E-state index in [1.54, 1.807) is 0 Å². The second-order valence-electron chi connectivity index (χ2n) is 5.18. The van der Waals surface area contributed by atoms with Gasteiger partial charge in [-0.2, -0.15) is 0 Å². The summed E-state index contributed by atoms with van der Waals surface area (Å²) >= 11 is 0. The van der Waals surface area contributed by atoms with Gasteiger partial charge in [-0.3, -0.25) is 0 Å². The molecule has 0 saturated carbocycles. The summed E-state index contributed by atoms with van der Waals surface area (Å²) in [5, 5.41) is 9.71. The van der Waals surface area contributed by atoms with Crippen molar-refractivity contribution in [3.05, 3.63) is 11.6 Å². The van der Waals surface area contributed by atoms with Crippen molar-refractivity contribution in [2.45, 2.75) is 52.6 Å². The number of hydrogen-bond donors (Lipinski definition) is 1. The van der Waals surface area contributed by atoms with Crippen molar-refractivity contribution in [3.8, 4) is 0 Å². The highest BCUT2D eigenvalue weighted by atomic mass is 16.3. The van der Waals surface area contributed by atoms with Crippen molar-refractivity contribution < 1.29 is 5.11 Å². The van der Waals surface area contributed by atoms with E-state index in [0.717, 1.165) is 19.3 Å². The highest BCUT2D eigenvalue weighted by Gasteiger charge is 2.27. The number of aliphatic hydroxyl groups is 1. The topological polar surface area (TPSA) is 20.2 Å². The Kier molecular flexibility index (Phi) is 2.35. The lowest BCUT2D eigenvalue weighted by Crippen LogP contribution is -2.28. The number of rotatable bonds is 0. The lowest BCUT2D eigenvalue weighted by molar-refractivity contribution is 0.0472.